The lowest BCUT2D eigenvalue weighted by atomic mass is 9.97. The summed E-state index contributed by atoms with van der Waals surface area (Å²) in [6.45, 7) is 0.145. The van der Waals surface area contributed by atoms with Gasteiger partial charge in [0.2, 0.25) is 5.91 Å². The van der Waals surface area contributed by atoms with Crippen LogP contribution in [0, 0.1) is 11.6 Å². The monoisotopic (exact) mass is 445 g/mol. The quantitative estimate of drug-likeness (QED) is 0.591. The van der Waals surface area contributed by atoms with Crippen molar-refractivity contribution < 1.29 is 13.6 Å². The topological polar surface area (TPSA) is 73.1 Å². The molecule has 0 bridgehead atoms. The molecule has 2 aromatic heterocycles. The lowest BCUT2D eigenvalue weighted by Gasteiger charge is -2.14. The molecule has 0 fully saturated rings. The first-order valence-corrected chi connectivity index (χ1v) is 11.0. The number of hydrogen-bond acceptors (Lipinski definition) is 4. The molecule has 31 heavy (non-hydrogen) atoms. The summed E-state index contributed by atoms with van der Waals surface area (Å²) in [6.07, 6.45) is 7.43. The molecule has 0 radical (unpaired) electrons. The Balaban J connectivity index is 1.64. The molecule has 2 heterocycles. The van der Waals surface area contributed by atoms with Crippen molar-refractivity contribution in [2.24, 2.45) is 0 Å². The van der Waals surface area contributed by atoms with E-state index < -0.39 is 22.9 Å². The number of rotatable bonds is 6. The average Bonchev–Trinajstić information content (AvgIpc) is 3.24. The van der Waals surface area contributed by atoms with Gasteiger partial charge in [0.05, 0.1) is 11.2 Å². The summed E-state index contributed by atoms with van der Waals surface area (Å²) in [5.74, 6) is -2.23. The maximum absolute atomic E-state index is 14.3. The highest BCUT2D eigenvalue weighted by molar-refractivity contribution is 7.17. The van der Waals surface area contributed by atoms with E-state index in [-0.39, 0.29) is 22.8 Å². The first-order valence-electron chi connectivity index (χ1n) is 10.1. The second kappa shape index (κ2) is 8.97. The van der Waals surface area contributed by atoms with Gasteiger partial charge in [-0.2, -0.15) is 0 Å². The Morgan fingerprint density at radius 2 is 2.00 bits per heavy atom. The summed E-state index contributed by atoms with van der Waals surface area (Å²) in [5.41, 5.74) is -0.286. The standard InChI is InChI=1S/C22H21F2N3O3S/c23-15-6-7-17(16(24)12-15)27-21(29)20-18(9-11-31-20)26(22(27)30)13-19(28)25-10-8-14-4-2-1-3-5-14/h4,6-7,9,11-12H,1-3,5,8,10,13H2,(H,25,28). The van der Waals surface area contributed by atoms with Gasteiger partial charge in [-0.15, -0.1) is 11.3 Å². The molecule has 1 aliphatic rings. The van der Waals surface area contributed by atoms with E-state index in [2.05, 4.69) is 11.4 Å². The van der Waals surface area contributed by atoms with Gasteiger partial charge in [0, 0.05) is 12.6 Å². The minimum Gasteiger partial charge on any atom is -0.354 e. The van der Waals surface area contributed by atoms with E-state index in [1.807, 2.05) is 0 Å². The number of nitrogens with zero attached hydrogens (tertiary/aromatic N) is 2. The number of halogens is 2. The summed E-state index contributed by atoms with van der Waals surface area (Å²) >= 11 is 1.09. The van der Waals surface area contributed by atoms with Crippen molar-refractivity contribution in [3.05, 3.63) is 73.8 Å². The van der Waals surface area contributed by atoms with Crippen LogP contribution in [0.15, 0.2) is 50.9 Å². The number of nitrogens with one attached hydrogen (secondary N) is 1. The fourth-order valence-electron chi connectivity index (χ4n) is 3.81. The van der Waals surface area contributed by atoms with Crippen molar-refractivity contribution in [3.8, 4) is 5.69 Å². The van der Waals surface area contributed by atoms with Crippen LogP contribution in [0.25, 0.3) is 15.9 Å². The molecule has 1 amide bonds. The molecule has 3 aromatic rings. The molecule has 1 aliphatic carbocycles. The van der Waals surface area contributed by atoms with Crippen LogP contribution in [0.3, 0.4) is 0 Å². The number of carbonyl (C=O) groups is 1. The third-order valence-corrected chi connectivity index (χ3v) is 6.25. The van der Waals surface area contributed by atoms with E-state index >= 15 is 0 Å². The molecule has 9 heteroatoms. The van der Waals surface area contributed by atoms with Gasteiger partial charge in [0.15, 0.2) is 0 Å². The lowest BCUT2D eigenvalue weighted by Crippen LogP contribution is -2.41. The van der Waals surface area contributed by atoms with Gasteiger partial charge in [-0.1, -0.05) is 11.6 Å². The van der Waals surface area contributed by atoms with E-state index in [9.17, 15) is 23.2 Å². The number of fused-ring (bicyclic) bond motifs is 1. The number of benzene rings is 1. The van der Waals surface area contributed by atoms with Gasteiger partial charge >= 0.3 is 5.69 Å². The number of amides is 1. The number of aromatic nitrogens is 2. The largest absolute Gasteiger partial charge is 0.354 e. The van der Waals surface area contributed by atoms with Crippen molar-refractivity contribution >= 4 is 27.5 Å². The lowest BCUT2D eigenvalue weighted by molar-refractivity contribution is -0.121. The molecule has 0 atom stereocenters. The van der Waals surface area contributed by atoms with Crippen LogP contribution in [-0.2, 0) is 11.3 Å². The van der Waals surface area contributed by atoms with Crippen molar-refractivity contribution in [2.75, 3.05) is 6.54 Å². The van der Waals surface area contributed by atoms with Crippen LogP contribution in [-0.4, -0.2) is 21.6 Å². The molecule has 0 unspecified atom stereocenters. The highest BCUT2D eigenvalue weighted by Gasteiger charge is 2.19. The van der Waals surface area contributed by atoms with Crippen molar-refractivity contribution in [3.63, 3.8) is 0 Å². The predicted octanol–water partition coefficient (Wildman–Crippen LogP) is 3.50. The van der Waals surface area contributed by atoms with Gasteiger partial charge in [-0.25, -0.2) is 18.1 Å². The van der Waals surface area contributed by atoms with Crippen LogP contribution in [0.1, 0.15) is 32.1 Å². The highest BCUT2D eigenvalue weighted by atomic mass is 32.1. The first-order chi connectivity index (χ1) is 15.0. The van der Waals surface area contributed by atoms with Crippen LogP contribution < -0.4 is 16.6 Å². The Labute approximate surface area is 180 Å². The van der Waals surface area contributed by atoms with Crippen molar-refractivity contribution in [1.82, 2.24) is 14.5 Å². The molecule has 1 N–H and O–H groups in total. The average molecular weight is 445 g/mol. The van der Waals surface area contributed by atoms with Gasteiger partial charge in [-0.3, -0.25) is 14.2 Å². The first kappa shape index (κ1) is 21.2. The van der Waals surface area contributed by atoms with Crippen molar-refractivity contribution in [1.29, 1.82) is 0 Å². The Kier molecular flexibility index (Phi) is 6.13. The number of carbonyl (C=O) groups excluding carboxylic acids is 1. The Hall–Kier alpha value is -3.07. The third-order valence-electron chi connectivity index (χ3n) is 5.36. The number of thiophene rings is 1. The number of allylic oxidation sites excluding steroid dienone is 1. The van der Waals surface area contributed by atoms with E-state index in [4.69, 9.17) is 0 Å². The van der Waals surface area contributed by atoms with Gasteiger partial charge in [0.1, 0.15) is 22.9 Å². The van der Waals surface area contributed by atoms with Crippen molar-refractivity contribution in [2.45, 2.75) is 38.6 Å². The molecular weight excluding hydrogens is 424 g/mol. The second-order valence-electron chi connectivity index (χ2n) is 7.45. The highest BCUT2D eigenvalue weighted by Crippen LogP contribution is 2.20. The van der Waals surface area contributed by atoms with Gasteiger partial charge in [0.25, 0.3) is 5.56 Å². The Morgan fingerprint density at radius 1 is 1.16 bits per heavy atom. The second-order valence-corrected chi connectivity index (χ2v) is 8.36. The van der Waals surface area contributed by atoms with E-state index in [1.54, 1.807) is 11.4 Å². The Bertz CT molecular complexity index is 1290. The van der Waals surface area contributed by atoms with Crippen LogP contribution in [0.2, 0.25) is 0 Å². The zero-order valence-corrected chi connectivity index (χ0v) is 17.5. The third kappa shape index (κ3) is 4.36. The predicted molar refractivity (Wildman–Crippen MR) is 116 cm³/mol. The van der Waals surface area contributed by atoms with Gasteiger partial charge in [-0.05, 0) is 55.7 Å². The van der Waals surface area contributed by atoms with Crippen LogP contribution in [0.5, 0.6) is 0 Å². The summed E-state index contributed by atoms with van der Waals surface area (Å²) in [5, 5.41) is 4.43. The molecular formula is C22H21F2N3O3S. The summed E-state index contributed by atoms with van der Waals surface area (Å²) in [6, 6.07) is 4.19. The van der Waals surface area contributed by atoms with Crippen LogP contribution in [0.4, 0.5) is 8.78 Å². The summed E-state index contributed by atoms with van der Waals surface area (Å²) in [7, 11) is 0. The maximum atomic E-state index is 14.3. The fourth-order valence-corrected chi connectivity index (χ4v) is 4.63. The minimum absolute atomic E-state index is 0.212. The molecule has 0 saturated carbocycles. The summed E-state index contributed by atoms with van der Waals surface area (Å²) < 4.78 is 29.6. The minimum atomic E-state index is -1.04. The maximum Gasteiger partial charge on any atom is 0.336 e. The molecule has 1 aromatic carbocycles. The normalized spacial score (nSPS) is 13.9. The Morgan fingerprint density at radius 3 is 2.74 bits per heavy atom. The summed E-state index contributed by atoms with van der Waals surface area (Å²) in [4.78, 5) is 38.4. The molecule has 162 valence electrons. The zero-order chi connectivity index (χ0) is 22.0. The molecule has 0 aliphatic heterocycles. The smallest absolute Gasteiger partial charge is 0.336 e. The van der Waals surface area contributed by atoms with Gasteiger partial charge < -0.3 is 5.32 Å². The SMILES string of the molecule is O=C(Cn1c(=O)n(-c2ccc(F)cc2F)c(=O)c2sccc21)NCCC1=CCCCC1. The fraction of sp³-hybridized carbons (Fsp3) is 0.318. The zero-order valence-electron chi connectivity index (χ0n) is 16.7. The molecule has 4 rings (SSSR count). The van der Waals surface area contributed by atoms with E-state index in [1.165, 1.54) is 12.0 Å². The molecule has 0 spiro atoms. The van der Waals surface area contributed by atoms with Crippen LogP contribution >= 0.6 is 11.3 Å². The molecule has 0 saturated heterocycles. The van der Waals surface area contributed by atoms with E-state index in [0.29, 0.717) is 22.7 Å². The number of hydrogen-bond donors (Lipinski definition) is 1. The van der Waals surface area contributed by atoms with E-state index in [0.717, 1.165) is 53.7 Å². The molecule has 6 nitrogen and oxygen atoms in total.